The highest BCUT2D eigenvalue weighted by molar-refractivity contribution is 5.74. The molecule has 2 aromatic rings. The lowest BCUT2D eigenvalue weighted by Crippen LogP contribution is -1.93. The normalized spacial score (nSPS) is 12.7. The molecule has 6 nitrogen and oxygen atoms in total. The third-order valence-corrected chi connectivity index (χ3v) is 2.47. The van der Waals surface area contributed by atoms with Crippen molar-refractivity contribution >= 4 is 5.69 Å². The SMILES string of the molecule is O=[N+]([O-])c1cc2c(cc1-c1ccco1)OCO2. The number of rotatable bonds is 2. The van der Waals surface area contributed by atoms with Gasteiger partial charge in [-0.25, -0.2) is 0 Å². The molecule has 0 saturated heterocycles. The minimum atomic E-state index is -0.472. The maximum Gasteiger partial charge on any atom is 0.284 e. The Morgan fingerprint density at radius 2 is 2.00 bits per heavy atom. The zero-order valence-electron chi connectivity index (χ0n) is 8.58. The van der Waals surface area contributed by atoms with E-state index in [1.165, 1.54) is 12.3 Å². The molecule has 1 aliphatic heterocycles. The van der Waals surface area contributed by atoms with Gasteiger partial charge in [-0.2, -0.15) is 0 Å². The van der Waals surface area contributed by atoms with Gasteiger partial charge in [-0.3, -0.25) is 10.1 Å². The minimum absolute atomic E-state index is 0.0656. The standard InChI is InChI=1S/C11H7NO5/c13-12(14)8-5-11-10(16-6-17-11)4-7(8)9-2-1-3-15-9/h1-5H,6H2. The van der Waals surface area contributed by atoms with Crippen LogP contribution in [0, 0.1) is 10.1 Å². The van der Waals surface area contributed by atoms with Crippen LogP contribution >= 0.6 is 0 Å². The predicted molar refractivity (Wildman–Crippen MR) is 56.9 cm³/mol. The molecule has 0 aliphatic carbocycles. The molecule has 1 aliphatic rings. The first-order chi connectivity index (χ1) is 8.25. The van der Waals surface area contributed by atoms with Crippen molar-refractivity contribution in [3.8, 4) is 22.8 Å². The Labute approximate surface area is 95.5 Å². The van der Waals surface area contributed by atoms with Gasteiger partial charge in [0.2, 0.25) is 6.79 Å². The third kappa shape index (κ3) is 1.50. The lowest BCUT2D eigenvalue weighted by molar-refractivity contribution is -0.384. The van der Waals surface area contributed by atoms with Crippen molar-refractivity contribution in [2.75, 3.05) is 6.79 Å². The van der Waals surface area contributed by atoms with E-state index in [0.717, 1.165) is 0 Å². The second kappa shape index (κ2) is 3.51. The number of hydrogen-bond donors (Lipinski definition) is 0. The minimum Gasteiger partial charge on any atom is -0.464 e. The number of nitro groups is 1. The average molecular weight is 233 g/mol. The molecule has 0 atom stereocenters. The number of ether oxygens (including phenoxy) is 2. The number of furan rings is 1. The van der Waals surface area contributed by atoms with Gasteiger partial charge in [0.25, 0.3) is 5.69 Å². The van der Waals surface area contributed by atoms with Gasteiger partial charge in [-0.1, -0.05) is 0 Å². The zero-order chi connectivity index (χ0) is 11.8. The van der Waals surface area contributed by atoms with Crippen LogP contribution in [-0.2, 0) is 0 Å². The molecule has 2 heterocycles. The summed E-state index contributed by atoms with van der Waals surface area (Å²) in [5, 5.41) is 11.0. The summed E-state index contributed by atoms with van der Waals surface area (Å²) in [4.78, 5) is 10.5. The van der Waals surface area contributed by atoms with Crippen molar-refractivity contribution < 1.29 is 18.8 Å². The van der Waals surface area contributed by atoms with Crippen molar-refractivity contribution in [2.45, 2.75) is 0 Å². The summed E-state index contributed by atoms with van der Waals surface area (Å²) in [5.74, 6) is 1.30. The van der Waals surface area contributed by atoms with E-state index in [2.05, 4.69) is 0 Å². The Balaban J connectivity index is 2.22. The highest BCUT2D eigenvalue weighted by atomic mass is 16.7. The fraction of sp³-hybridized carbons (Fsp3) is 0.0909. The summed E-state index contributed by atoms with van der Waals surface area (Å²) in [6.07, 6.45) is 1.46. The zero-order valence-corrected chi connectivity index (χ0v) is 8.58. The van der Waals surface area contributed by atoms with Crippen LogP contribution < -0.4 is 9.47 Å². The molecule has 0 spiro atoms. The van der Waals surface area contributed by atoms with Crippen molar-refractivity contribution in [1.29, 1.82) is 0 Å². The van der Waals surface area contributed by atoms with Crippen LogP contribution in [0.4, 0.5) is 5.69 Å². The predicted octanol–water partition coefficient (Wildman–Crippen LogP) is 2.58. The summed E-state index contributed by atoms with van der Waals surface area (Å²) in [5.41, 5.74) is 0.313. The number of nitrogens with zero attached hydrogens (tertiary/aromatic N) is 1. The largest absolute Gasteiger partial charge is 0.464 e. The van der Waals surface area contributed by atoms with E-state index in [0.29, 0.717) is 22.8 Å². The Kier molecular flexibility index (Phi) is 2.01. The van der Waals surface area contributed by atoms with Gasteiger partial charge in [0.05, 0.1) is 22.8 Å². The summed E-state index contributed by atoms with van der Waals surface area (Å²) in [7, 11) is 0. The van der Waals surface area contributed by atoms with Crippen molar-refractivity contribution in [3.05, 3.63) is 40.6 Å². The Bertz CT molecular complexity index is 576. The van der Waals surface area contributed by atoms with E-state index in [1.807, 2.05) is 0 Å². The summed E-state index contributed by atoms with van der Waals surface area (Å²) in [6, 6.07) is 6.23. The first kappa shape index (κ1) is 9.71. The Morgan fingerprint density at radius 1 is 1.24 bits per heavy atom. The summed E-state index contributed by atoms with van der Waals surface area (Å²) in [6.45, 7) is 0.0775. The van der Waals surface area contributed by atoms with Crippen LogP contribution in [0.2, 0.25) is 0 Å². The van der Waals surface area contributed by atoms with E-state index < -0.39 is 4.92 Å². The van der Waals surface area contributed by atoms with E-state index in [1.54, 1.807) is 18.2 Å². The van der Waals surface area contributed by atoms with Crippen LogP contribution in [0.5, 0.6) is 11.5 Å². The molecule has 6 heteroatoms. The smallest absolute Gasteiger partial charge is 0.284 e. The van der Waals surface area contributed by atoms with Crippen LogP contribution in [0.3, 0.4) is 0 Å². The second-order valence-electron chi connectivity index (χ2n) is 3.46. The molecule has 0 radical (unpaired) electrons. The third-order valence-electron chi connectivity index (χ3n) is 2.47. The van der Waals surface area contributed by atoms with Crippen LogP contribution in [0.1, 0.15) is 0 Å². The summed E-state index contributed by atoms with van der Waals surface area (Å²) < 4.78 is 15.5. The molecular formula is C11H7NO5. The maximum absolute atomic E-state index is 11.0. The van der Waals surface area contributed by atoms with Crippen LogP contribution in [0.15, 0.2) is 34.9 Å². The molecule has 86 valence electrons. The molecular weight excluding hydrogens is 226 g/mol. The topological polar surface area (TPSA) is 74.7 Å². The molecule has 1 aromatic carbocycles. The van der Waals surface area contributed by atoms with Crippen LogP contribution in [-0.4, -0.2) is 11.7 Å². The summed E-state index contributed by atoms with van der Waals surface area (Å²) >= 11 is 0. The first-order valence-corrected chi connectivity index (χ1v) is 4.87. The van der Waals surface area contributed by atoms with E-state index >= 15 is 0 Å². The molecule has 0 saturated carbocycles. The quantitative estimate of drug-likeness (QED) is 0.588. The van der Waals surface area contributed by atoms with E-state index in [4.69, 9.17) is 13.9 Å². The van der Waals surface area contributed by atoms with E-state index in [9.17, 15) is 10.1 Å². The number of fused-ring (bicyclic) bond motifs is 1. The van der Waals surface area contributed by atoms with Gasteiger partial charge in [0.1, 0.15) is 5.76 Å². The molecule has 0 fully saturated rings. The van der Waals surface area contributed by atoms with Crippen molar-refractivity contribution in [1.82, 2.24) is 0 Å². The Morgan fingerprint density at radius 3 is 2.65 bits per heavy atom. The molecule has 0 N–H and O–H groups in total. The monoisotopic (exact) mass is 233 g/mol. The maximum atomic E-state index is 11.0. The lowest BCUT2D eigenvalue weighted by atomic mass is 10.1. The number of benzene rings is 1. The van der Waals surface area contributed by atoms with Gasteiger partial charge >= 0.3 is 0 Å². The number of nitro benzene ring substituents is 1. The molecule has 0 bridgehead atoms. The molecule has 17 heavy (non-hydrogen) atoms. The van der Waals surface area contributed by atoms with Gasteiger partial charge < -0.3 is 13.9 Å². The fourth-order valence-electron chi connectivity index (χ4n) is 1.71. The first-order valence-electron chi connectivity index (χ1n) is 4.87. The average Bonchev–Trinajstić information content (AvgIpc) is 2.98. The van der Waals surface area contributed by atoms with Gasteiger partial charge in [0.15, 0.2) is 11.5 Å². The van der Waals surface area contributed by atoms with Gasteiger partial charge in [-0.05, 0) is 12.1 Å². The van der Waals surface area contributed by atoms with E-state index in [-0.39, 0.29) is 12.5 Å². The molecule has 1 aromatic heterocycles. The van der Waals surface area contributed by atoms with Crippen LogP contribution in [0.25, 0.3) is 11.3 Å². The lowest BCUT2D eigenvalue weighted by Gasteiger charge is -2.02. The molecule has 0 unspecified atom stereocenters. The number of hydrogen-bond acceptors (Lipinski definition) is 5. The molecule has 0 amide bonds. The Hall–Kier alpha value is -2.50. The highest BCUT2D eigenvalue weighted by Crippen LogP contribution is 2.42. The molecule has 3 rings (SSSR count). The fourth-order valence-corrected chi connectivity index (χ4v) is 1.71. The van der Waals surface area contributed by atoms with Gasteiger partial charge in [-0.15, -0.1) is 0 Å². The van der Waals surface area contributed by atoms with Crippen molar-refractivity contribution in [3.63, 3.8) is 0 Å². The highest BCUT2D eigenvalue weighted by Gasteiger charge is 2.25. The second-order valence-corrected chi connectivity index (χ2v) is 3.46. The van der Waals surface area contributed by atoms with Crippen molar-refractivity contribution in [2.24, 2.45) is 0 Å². The van der Waals surface area contributed by atoms with Gasteiger partial charge in [0, 0.05) is 6.07 Å².